The fourth-order valence-corrected chi connectivity index (χ4v) is 11.5. The van der Waals surface area contributed by atoms with Gasteiger partial charge in [0.15, 0.2) is 5.79 Å². The molecule has 40 heavy (non-hydrogen) atoms. The minimum absolute atomic E-state index is 0.0647. The molecule has 0 unspecified atom stereocenters. The molecule has 3 aromatic carbocycles. The molecule has 6 nitrogen and oxygen atoms in total. The Bertz CT molecular complexity index is 1310. The van der Waals surface area contributed by atoms with E-state index in [0.29, 0.717) is 37.4 Å². The molecule has 0 radical (unpaired) electrons. The van der Waals surface area contributed by atoms with Crippen molar-refractivity contribution in [1.82, 2.24) is 0 Å². The highest BCUT2D eigenvalue weighted by Crippen LogP contribution is 2.50. The highest BCUT2D eigenvalue weighted by molar-refractivity contribution is 6.99. The summed E-state index contributed by atoms with van der Waals surface area (Å²) in [5.41, 5.74) is 7.93. The van der Waals surface area contributed by atoms with Crippen LogP contribution in [0.15, 0.2) is 78.9 Å². The number of nitriles is 1. The van der Waals surface area contributed by atoms with E-state index in [1.54, 1.807) is 12.1 Å². The maximum atomic E-state index is 9.46. The number of benzene rings is 3. The minimum Gasteiger partial charge on any atom is -0.404 e. The predicted octanol–water partition coefficient (Wildman–Crippen LogP) is 5.43. The van der Waals surface area contributed by atoms with Crippen LogP contribution in [-0.2, 0) is 13.9 Å². The molecule has 5 rings (SSSR count). The molecule has 0 aromatic heterocycles. The van der Waals surface area contributed by atoms with Crippen molar-refractivity contribution in [2.75, 3.05) is 30.8 Å². The molecular formula is C33H41N3O3Si. The summed E-state index contributed by atoms with van der Waals surface area (Å²) in [5, 5.41) is 15.4. The summed E-state index contributed by atoms with van der Waals surface area (Å²) in [5.74, 6) is -0.595. The first-order chi connectivity index (χ1) is 19.1. The summed E-state index contributed by atoms with van der Waals surface area (Å²) in [7, 11) is -2.79. The Labute approximate surface area is 239 Å². The van der Waals surface area contributed by atoms with E-state index < -0.39 is 14.1 Å². The third-order valence-electron chi connectivity index (χ3n) is 8.65. The first kappa shape index (κ1) is 28.4. The smallest absolute Gasteiger partial charge is 0.261 e. The van der Waals surface area contributed by atoms with Gasteiger partial charge in [-0.1, -0.05) is 88.4 Å². The van der Waals surface area contributed by atoms with E-state index in [2.05, 4.69) is 99.7 Å². The van der Waals surface area contributed by atoms with E-state index >= 15 is 0 Å². The Kier molecular flexibility index (Phi) is 7.82. The van der Waals surface area contributed by atoms with Gasteiger partial charge < -0.3 is 25.0 Å². The van der Waals surface area contributed by atoms with Crippen molar-refractivity contribution in [1.29, 1.82) is 5.26 Å². The summed E-state index contributed by atoms with van der Waals surface area (Å²) < 4.78 is 20.2. The Morgan fingerprint density at radius 3 is 2.15 bits per heavy atom. The summed E-state index contributed by atoms with van der Waals surface area (Å²) >= 11 is 0. The lowest BCUT2D eigenvalue weighted by Gasteiger charge is -2.53. The van der Waals surface area contributed by atoms with E-state index in [4.69, 9.17) is 19.6 Å². The summed E-state index contributed by atoms with van der Waals surface area (Å²) in [6.45, 7) is 11.0. The molecule has 3 aromatic rings. The highest BCUT2D eigenvalue weighted by Gasteiger charge is 2.57. The van der Waals surface area contributed by atoms with Crippen LogP contribution in [-0.4, -0.2) is 40.0 Å². The largest absolute Gasteiger partial charge is 0.404 e. The Balaban J connectivity index is 1.57. The number of hydrogen-bond acceptors (Lipinski definition) is 6. The second-order valence-electron chi connectivity index (χ2n) is 12.5. The molecule has 1 heterocycles. The van der Waals surface area contributed by atoms with Crippen LogP contribution in [0, 0.1) is 16.7 Å². The number of nitrogen functional groups attached to an aromatic ring is 1. The van der Waals surface area contributed by atoms with E-state index in [1.807, 2.05) is 6.07 Å². The molecule has 1 aliphatic carbocycles. The SMILES string of the molecule is CC(C)(C)[Si](O[C@@H]1CCC2(C[C@@]1(C)CNc1cc(C#N)ccc1N)OCCO2)(c1ccccc1)c1ccccc1. The molecule has 2 fully saturated rings. The standard InChI is InChI=1S/C33H41N3O3Si/c1-31(2,3)40(26-11-7-5-8-12-26,27-13-9-6-10-14-27)39-30-17-18-33(37-19-20-38-33)23-32(30,4)24-36-29-21-25(22-34)15-16-28(29)35/h5-16,21,30,36H,17-20,23-24,35H2,1-4H3/t30-,32+/m1/s1. The number of anilines is 2. The van der Waals surface area contributed by atoms with Crippen molar-refractivity contribution in [3.05, 3.63) is 84.4 Å². The van der Waals surface area contributed by atoms with Crippen molar-refractivity contribution in [3.63, 3.8) is 0 Å². The van der Waals surface area contributed by atoms with Gasteiger partial charge in [-0.05, 0) is 40.0 Å². The fraction of sp³-hybridized carbons (Fsp3) is 0.424. The summed E-state index contributed by atoms with van der Waals surface area (Å²) in [6.07, 6.45) is 2.24. The normalized spacial score (nSPS) is 22.6. The van der Waals surface area contributed by atoms with Gasteiger partial charge in [-0.2, -0.15) is 5.26 Å². The first-order valence-corrected chi connectivity index (χ1v) is 16.1. The maximum Gasteiger partial charge on any atom is 0.261 e. The van der Waals surface area contributed by atoms with Gasteiger partial charge in [0.25, 0.3) is 8.32 Å². The fourth-order valence-electron chi connectivity index (χ4n) is 6.62. The topological polar surface area (TPSA) is 89.5 Å². The lowest BCUT2D eigenvalue weighted by atomic mass is 9.70. The number of nitrogens with two attached hydrogens (primary N) is 1. The monoisotopic (exact) mass is 555 g/mol. The molecule has 0 bridgehead atoms. The van der Waals surface area contributed by atoms with Crippen LogP contribution in [0.5, 0.6) is 0 Å². The second-order valence-corrected chi connectivity index (χ2v) is 16.8. The summed E-state index contributed by atoms with van der Waals surface area (Å²) in [4.78, 5) is 0. The average Bonchev–Trinajstić information content (AvgIpc) is 3.40. The van der Waals surface area contributed by atoms with Crippen molar-refractivity contribution in [3.8, 4) is 6.07 Å². The lowest BCUT2D eigenvalue weighted by molar-refractivity contribution is -0.216. The van der Waals surface area contributed by atoms with Gasteiger partial charge in [-0.15, -0.1) is 0 Å². The van der Waals surface area contributed by atoms with Gasteiger partial charge >= 0.3 is 0 Å². The molecule has 2 aliphatic rings. The molecular weight excluding hydrogens is 514 g/mol. The van der Waals surface area contributed by atoms with Gasteiger partial charge in [0.2, 0.25) is 0 Å². The third-order valence-corrected chi connectivity index (χ3v) is 13.7. The number of nitrogens with one attached hydrogen (secondary N) is 1. The molecule has 2 atom stereocenters. The zero-order chi connectivity index (χ0) is 28.4. The van der Waals surface area contributed by atoms with E-state index in [0.717, 1.165) is 18.5 Å². The van der Waals surface area contributed by atoms with Gasteiger partial charge in [0.1, 0.15) is 0 Å². The van der Waals surface area contributed by atoms with Crippen molar-refractivity contribution in [2.24, 2.45) is 5.41 Å². The van der Waals surface area contributed by atoms with E-state index in [-0.39, 0.29) is 16.6 Å². The molecule has 1 spiro atoms. The van der Waals surface area contributed by atoms with Crippen LogP contribution in [0.25, 0.3) is 0 Å². The maximum absolute atomic E-state index is 9.46. The zero-order valence-electron chi connectivity index (χ0n) is 24.1. The zero-order valence-corrected chi connectivity index (χ0v) is 25.1. The van der Waals surface area contributed by atoms with Gasteiger partial charge in [-0.3, -0.25) is 0 Å². The average molecular weight is 556 g/mol. The Hall–Kier alpha value is -3.15. The van der Waals surface area contributed by atoms with E-state index in [9.17, 15) is 5.26 Å². The number of hydrogen-bond donors (Lipinski definition) is 2. The van der Waals surface area contributed by atoms with Gasteiger partial charge in [0, 0.05) is 24.8 Å². The molecule has 1 saturated heterocycles. The lowest BCUT2D eigenvalue weighted by Crippen LogP contribution is -2.69. The number of nitrogens with zero attached hydrogens (tertiary/aromatic N) is 1. The molecule has 1 saturated carbocycles. The van der Waals surface area contributed by atoms with Crippen LogP contribution in [0.3, 0.4) is 0 Å². The van der Waals surface area contributed by atoms with Crippen LogP contribution >= 0.6 is 0 Å². The molecule has 7 heteroatoms. The summed E-state index contributed by atoms with van der Waals surface area (Å²) in [6, 6.07) is 29.1. The molecule has 0 amide bonds. The second kappa shape index (κ2) is 11.0. The minimum atomic E-state index is -2.79. The van der Waals surface area contributed by atoms with Gasteiger partial charge in [-0.25, -0.2) is 0 Å². The number of rotatable bonds is 7. The highest BCUT2D eigenvalue weighted by atomic mass is 28.4. The molecule has 1 aliphatic heterocycles. The van der Waals surface area contributed by atoms with E-state index in [1.165, 1.54) is 10.4 Å². The Morgan fingerprint density at radius 2 is 1.60 bits per heavy atom. The van der Waals surface area contributed by atoms with Crippen LogP contribution in [0.4, 0.5) is 11.4 Å². The number of ether oxygens (including phenoxy) is 2. The van der Waals surface area contributed by atoms with Crippen LogP contribution in [0.1, 0.15) is 52.5 Å². The van der Waals surface area contributed by atoms with Gasteiger partial charge in [0.05, 0.1) is 42.3 Å². The quantitative estimate of drug-likeness (QED) is 0.299. The van der Waals surface area contributed by atoms with Crippen molar-refractivity contribution < 1.29 is 13.9 Å². The van der Waals surface area contributed by atoms with Crippen molar-refractivity contribution >= 4 is 30.1 Å². The third kappa shape index (κ3) is 5.29. The first-order valence-electron chi connectivity index (χ1n) is 14.2. The van der Waals surface area contributed by atoms with Crippen molar-refractivity contribution in [2.45, 2.75) is 63.9 Å². The predicted molar refractivity (Wildman–Crippen MR) is 163 cm³/mol. The molecule has 3 N–H and O–H groups in total. The van der Waals surface area contributed by atoms with Crippen LogP contribution in [0.2, 0.25) is 5.04 Å². The Morgan fingerprint density at radius 1 is 1.00 bits per heavy atom. The molecule has 210 valence electrons. The van der Waals surface area contributed by atoms with Crippen LogP contribution < -0.4 is 21.4 Å².